The van der Waals surface area contributed by atoms with E-state index in [1.165, 1.54) is 13.8 Å². The van der Waals surface area contributed by atoms with Crippen molar-refractivity contribution in [2.45, 2.75) is 13.8 Å². The minimum absolute atomic E-state index is 0. The molecule has 0 heterocycles. The average Bonchev–Trinajstić information content (AvgIpc) is 0.811. The Morgan fingerprint density at radius 3 is 1.40 bits per heavy atom. The van der Waals surface area contributed by atoms with Gasteiger partial charge in [0.25, 0.3) is 0 Å². The Balaban J connectivity index is 0. The topological polar surface area (TPSA) is 17.1 Å². The van der Waals surface area contributed by atoms with E-state index in [0.29, 0.717) is 0 Å². The Labute approximate surface area is 60.9 Å². The molecule has 0 aliphatic rings. The fourth-order valence-corrected chi connectivity index (χ4v) is 0. The number of rotatable bonds is 0. The molecule has 0 aromatic heterocycles. The minimum atomic E-state index is 0. The zero-order chi connectivity index (χ0) is 3.58. The van der Waals surface area contributed by atoms with Gasteiger partial charge in [-0.1, -0.05) is 0 Å². The van der Waals surface area contributed by atoms with Crippen molar-refractivity contribution in [2.75, 3.05) is 0 Å². The van der Waals surface area contributed by atoms with E-state index in [4.69, 9.17) is 0 Å². The molecule has 0 spiro atoms. The number of ketones is 1. The average molecular weight is 227 g/mol. The van der Waals surface area contributed by atoms with Crippen LogP contribution in [0.1, 0.15) is 13.8 Å². The summed E-state index contributed by atoms with van der Waals surface area (Å²) in [7, 11) is 0. The zero-order valence-electron chi connectivity index (χ0n) is 3.19. The molecule has 0 atom stereocenters. The molecular formula is C3H6OTm. The van der Waals surface area contributed by atoms with E-state index in [-0.39, 0.29) is 42.7 Å². The van der Waals surface area contributed by atoms with E-state index in [9.17, 15) is 4.79 Å². The third-order valence-electron chi connectivity index (χ3n) is 0. The van der Waals surface area contributed by atoms with Crippen molar-refractivity contribution in [3.05, 3.63) is 0 Å². The van der Waals surface area contributed by atoms with Gasteiger partial charge in [-0.15, -0.1) is 0 Å². The summed E-state index contributed by atoms with van der Waals surface area (Å²) < 4.78 is 0. The van der Waals surface area contributed by atoms with Gasteiger partial charge in [0.15, 0.2) is 0 Å². The molecule has 0 N–H and O–H groups in total. The van der Waals surface area contributed by atoms with Crippen LogP contribution in [0.4, 0.5) is 0 Å². The van der Waals surface area contributed by atoms with Crippen LogP contribution < -0.4 is 0 Å². The molecule has 5 heavy (non-hydrogen) atoms. The van der Waals surface area contributed by atoms with Crippen LogP contribution in [0.2, 0.25) is 0 Å². The third-order valence-corrected chi connectivity index (χ3v) is 0. The van der Waals surface area contributed by atoms with Crippen molar-refractivity contribution in [2.24, 2.45) is 0 Å². The molecule has 1 nitrogen and oxygen atoms in total. The molecule has 0 aromatic rings. The molecule has 0 amide bonds. The van der Waals surface area contributed by atoms with Crippen molar-refractivity contribution < 1.29 is 41.7 Å². The number of hydrogen-bond acceptors (Lipinski definition) is 1. The van der Waals surface area contributed by atoms with Crippen molar-refractivity contribution in [1.82, 2.24) is 0 Å². The molecule has 0 unspecified atom stereocenters. The van der Waals surface area contributed by atoms with Gasteiger partial charge in [0, 0.05) is 36.9 Å². The van der Waals surface area contributed by atoms with Crippen molar-refractivity contribution in [3.63, 3.8) is 0 Å². The monoisotopic (exact) mass is 227 g/mol. The number of carbonyl (C=O) groups is 1. The molecule has 0 bridgehead atoms. The molecule has 0 saturated carbocycles. The predicted molar refractivity (Wildman–Crippen MR) is 16.4 cm³/mol. The second-order valence-corrected chi connectivity index (χ2v) is 0.908. The number of carbonyl (C=O) groups excluding carboxylic acids is 1. The molecule has 0 aliphatic carbocycles. The van der Waals surface area contributed by atoms with Crippen LogP contribution >= 0.6 is 0 Å². The number of Topliss-reactive ketones (excluding diaryl/α,β-unsaturated/α-hetero) is 1. The Morgan fingerprint density at radius 1 is 1.40 bits per heavy atom. The summed E-state index contributed by atoms with van der Waals surface area (Å²) >= 11 is 0. The Morgan fingerprint density at radius 2 is 1.40 bits per heavy atom. The quantitative estimate of drug-likeness (QED) is 0.592. The molecule has 0 rings (SSSR count). The molecule has 0 fully saturated rings. The maximum atomic E-state index is 9.44. The fraction of sp³-hybridized carbons (Fsp3) is 0.667. The van der Waals surface area contributed by atoms with Crippen LogP contribution in [0.15, 0.2) is 0 Å². The van der Waals surface area contributed by atoms with Crippen molar-refractivity contribution in [1.29, 1.82) is 0 Å². The Bertz CT molecular complexity index is 29.9. The van der Waals surface area contributed by atoms with Crippen LogP contribution in [0.25, 0.3) is 0 Å². The summed E-state index contributed by atoms with van der Waals surface area (Å²) in [6, 6.07) is 0. The molecule has 2 heteroatoms. The SMILES string of the molecule is CC(C)=O.[Tm]. The van der Waals surface area contributed by atoms with Gasteiger partial charge in [-0.2, -0.15) is 0 Å². The van der Waals surface area contributed by atoms with Crippen LogP contribution in [-0.2, 0) is 4.79 Å². The first-order chi connectivity index (χ1) is 1.73. The van der Waals surface area contributed by atoms with Crippen LogP contribution in [0, 0.1) is 36.9 Å². The van der Waals surface area contributed by atoms with E-state index in [1.807, 2.05) is 0 Å². The number of hydrogen-bond donors (Lipinski definition) is 0. The summed E-state index contributed by atoms with van der Waals surface area (Å²) in [4.78, 5) is 9.44. The van der Waals surface area contributed by atoms with Gasteiger partial charge in [-0.25, -0.2) is 0 Å². The van der Waals surface area contributed by atoms with Gasteiger partial charge >= 0.3 is 0 Å². The molecule has 0 aromatic carbocycles. The van der Waals surface area contributed by atoms with Crippen LogP contribution in [0.3, 0.4) is 0 Å². The van der Waals surface area contributed by atoms with Gasteiger partial charge in [0.2, 0.25) is 0 Å². The summed E-state index contributed by atoms with van der Waals surface area (Å²) in [5, 5.41) is 0. The van der Waals surface area contributed by atoms with Crippen LogP contribution in [0.5, 0.6) is 0 Å². The summed E-state index contributed by atoms with van der Waals surface area (Å²) in [5.74, 6) is 0.167. The standard InChI is InChI=1S/C3H6O.Tm/c1-3(2)4;/h1-2H3;. The van der Waals surface area contributed by atoms with Crippen LogP contribution in [-0.4, -0.2) is 5.78 Å². The fourth-order valence-electron chi connectivity index (χ4n) is 0. The second-order valence-electron chi connectivity index (χ2n) is 0.908. The first-order valence-electron chi connectivity index (χ1n) is 1.20. The second kappa shape index (κ2) is 4.90. The maximum absolute atomic E-state index is 9.44. The van der Waals surface area contributed by atoms with E-state index in [0.717, 1.165) is 0 Å². The summed E-state index contributed by atoms with van der Waals surface area (Å²) in [6.07, 6.45) is 0. The van der Waals surface area contributed by atoms with E-state index < -0.39 is 0 Å². The van der Waals surface area contributed by atoms with E-state index in [2.05, 4.69) is 0 Å². The van der Waals surface area contributed by atoms with E-state index >= 15 is 0 Å². The molecule has 37 valence electrons. The Kier molecular flexibility index (Phi) is 9.14. The normalized spacial score (nSPS) is 5.20. The molecule has 0 aliphatic heterocycles. The summed E-state index contributed by atoms with van der Waals surface area (Å²) in [5.41, 5.74) is 0. The van der Waals surface area contributed by atoms with Crippen molar-refractivity contribution in [3.8, 4) is 0 Å². The van der Waals surface area contributed by atoms with Crippen molar-refractivity contribution >= 4 is 5.78 Å². The van der Waals surface area contributed by atoms with E-state index in [1.54, 1.807) is 0 Å². The molecule has 1 radical (unpaired) electrons. The van der Waals surface area contributed by atoms with Gasteiger partial charge in [0.1, 0.15) is 5.78 Å². The molecular weight excluding hydrogens is 221 g/mol. The van der Waals surface area contributed by atoms with Gasteiger partial charge < -0.3 is 4.79 Å². The van der Waals surface area contributed by atoms with Gasteiger partial charge in [-0.3, -0.25) is 0 Å². The van der Waals surface area contributed by atoms with Gasteiger partial charge in [0.05, 0.1) is 0 Å². The predicted octanol–water partition coefficient (Wildman–Crippen LogP) is 0.595. The zero-order valence-corrected chi connectivity index (χ0v) is 4.97. The molecule has 0 saturated heterocycles. The third kappa shape index (κ3) is 50.6. The van der Waals surface area contributed by atoms with Gasteiger partial charge in [-0.05, 0) is 13.8 Å². The largest absolute Gasteiger partial charge is 0.300 e. The minimum Gasteiger partial charge on any atom is -0.300 e. The first-order valence-corrected chi connectivity index (χ1v) is 1.20. The first kappa shape index (κ1) is 9.32. The summed E-state index contributed by atoms with van der Waals surface area (Å²) in [6.45, 7) is 3.06. The Hall–Kier alpha value is 0.904. The smallest absolute Gasteiger partial charge is 0.126 e. The maximum Gasteiger partial charge on any atom is 0.126 e.